The maximum atomic E-state index is 14.0. The van der Waals surface area contributed by atoms with Gasteiger partial charge in [0.05, 0.1) is 12.5 Å². The van der Waals surface area contributed by atoms with E-state index in [0.29, 0.717) is 0 Å². The summed E-state index contributed by atoms with van der Waals surface area (Å²) in [5.41, 5.74) is 1.68. The molecule has 2 rings (SSSR count). The van der Waals surface area contributed by atoms with Crippen molar-refractivity contribution in [2.75, 3.05) is 0 Å². The predicted molar refractivity (Wildman–Crippen MR) is 85.9 cm³/mol. The number of hydrogen-bond acceptors (Lipinski definition) is 3. The molecular weight excluding hydrogens is 313 g/mol. The molecule has 0 aromatic heterocycles. The summed E-state index contributed by atoms with van der Waals surface area (Å²) in [6.07, 6.45) is -1.24. The van der Waals surface area contributed by atoms with Gasteiger partial charge in [-0.25, -0.2) is 9.18 Å². The summed E-state index contributed by atoms with van der Waals surface area (Å²) in [6, 6.07) is 12.4. The molecule has 0 fully saturated rings. The minimum absolute atomic E-state index is 0.0444. The minimum atomic E-state index is -1.15. The lowest BCUT2D eigenvalue weighted by atomic mass is 10.0. The average Bonchev–Trinajstić information content (AvgIpc) is 2.55. The molecule has 6 heteroatoms. The number of hydrogen-bond donors (Lipinski definition) is 2. The number of benzene rings is 2. The fourth-order valence-electron chi connectivity index (χ4n) is 2.25. The van der Waals surface area contributed by atoms with Gasteiger partial charge in [-0.05, 0) is 18.6 Å². The lowest BCUT2D eigenvalue weighted by Crippen LogP contribution is -2.31. The van der Waals surface area contributed by atoms with Crippen LogP contribution in [0.4, 0.5) is 9.18 Å². The number of carboxylic acid groups (broad SMARTS) is 1. The quantitative estimate of drug-likeness (QED) is 0.848. The van der Waals surface area contributed by atoms with Crippen molar-refractivity contribution in [1.29, 1.82) is 0 Å². The number of nitrogens with one attached hydrogen (secondary N) is 1. The van der Waals surface area contributed by atoms with Gasteiger partial charge in [0.25, 0.3) is 0 Å². The molecule has 0 aliphatic heterocycles. The largest absolute Gasteiger partial charge is 0.481 e. The third kappa shape index (κ3) is 5.08. The summed E-state index contributed by atoms with van der Waals surface area (Å²) in [5.74, 6) is -1.72. The van der Waals surface area contributed by atoms with Crippen LogP contribution >= 0.6 is 0 Å². The summed E-state index contributed by atoms with van der Waals surface area (Å²) in [4.78, 5) is 23.0. The van der Waals surface area contributed by atoms with E-state index in [2.05, 4.69) is 5.32 Å². The molecule has 1 amide bonds. The van der Waals surface area contributed by atoms with Gasteiger partial charge in [-0.3, -0.25) is 4.79 Å². The van der Waals surface area contributed by atoms with Gasteiger partial charge in [-0.15, -0.1) is 0 Å². The van der Waals surface area contributed by atoms with Crippen LogP contribution in [0.5, 0.6) is 0 Å². The number of ether oxygens (including phenoxy) is 1. The first kappa shape index (κ1) is 17.5. The molecule has 0 bridgehead atoms. The average molecular weight is 331 g/mol. The molecule has 1 atom stereocenters. The maximum Gasteiger partial charge on any atom is 0.407 e. The molecular formula is C18H18FNO4. The Bertz CT molecular complexity index is 718. The highest BCUT2D eigenvalue weighted by Crippen LogP contribution is 2.22. The summed E-state index contributed by atoms with van der Waals surface area (Å²) >= 11 is 0. The Labute approximate surface area is 139 Å². The van der Waals surface area contributed by atoms with Gasteiger partial charge in [-0.1, -0.05) is 48.0 Å². The first-order valence-electron chi connectivity index (χ1n) is 7.41. The Morgan fingerprint density at radius 2 is 1.92 bits per heavy atom. The SMILES string of the molecule is Cc1ccc(F)c([C@H](CC(=O)O)NC(=O)OCc2ccccc2)c1. The van der Waals surface area contributed by atoms with Gasteiger partial charge in [0.1, 0.15) is 12.4 Å². The molecule has 126 valence electrons. The monoisotopic (exact) mass is 331 g/mol. The molecule has 0 saturated heterocycles. The zero-order valence-electron chi connectivity index (χ0n) is 13.2. The van der Waals surface area contributed by atoms with E-state index in [1.807, 2.05) is 18.2 Å². The number of amides is 1. The molecule has 0 heterocycles. The molecule has 2 aromatic carbocycles. The van der Waals surface area contributed by atoms with Crippen molar-refractivity contribution in [3.05, 3.63) is 71.0 Å². The van der Waals surface area contributed by atoms with E-state index in [0.717, 1.165) is 11.1 Å². The topological polar surface area (TPSA) is 75.6 Å². The molecule has 2 aromatic rings. The zero-order chi connectivity index (χ0) is 17.5. The Kier molecular flexibility index (Phi) is 5.89. The Morgan fingerprint density at radius 3 is 2.58 bits per heavy atom. The standard InChI is InChI=1S/C18H18FNO4/c1-12-7-8-15(19)14(9-12)16(10-17(21)22)20-18(23)24-11-13-5-3-2-4-6-13/h2-9,16H,10-11H2,1H3,(H,20,23)(H,21,22)/t16-/m0/s1. The minimum Gasteiger partial charge on any atom is -0.481 e. The second kappa shape index (κ2) is 8.10. The molecule has 0 spiro atoms. The normalized spacial score (nSPS) is 11.6. The van der Waals surface area contributed by atoms with Crippen molar-refractivity contribution in [3.8, 4) is 0 Å². The Morgan fingerprint density at radius 1 is 1.21 bits per heavy atom. The Balaban J connectivity index is 2.06. The number of carbonyl (C=O) groups excluding carboxylic acids is 1. The van der Waals surface area contributed by atoms with E-state index in [-0.39, 0.29) is 12.2 Å². The number of carboxylic acids is 1. The van der Waals surface area contributed by atoms with Gasteiger partial charge in [0, 0.05) is 5.56 Å². The van der Waals surface area contributed by atoms with E-state index in [1.165, 1.54) is 12.1 Å². The van der Waals surface area contributed by atoms with E-state index >= 15 is 0 Å². The molecule has 5 nitrogen and oxygen atoms in total. The van der Waals surface area contributed by atoms with Crippen LogP contribution in [0.1, 0.15) is 29.2 Å². The Hall–Kier alpha value is -2.89. The summed E-state index contributed by atoms with van der Waals surface area (Å²) in [6.45, 7) is 1.80. The lowest BCUT2D eigenvalue weighted by molar-refractivity contribution is -0.137. The van der Waals surface area contributed by atoms with Crippen LogP contribution in [0, 0.1) is 12.7 Å². The van der Waals surface area contributed by atoms with Crippen molar-refractivity contribution < 1.29 is 23.8 Å². The van der Waals surface area contributed by atoms with Crippen LogP contribution in [-0.2, 0) is 16.1 Å². The number of halogens is 1. The number of rotatable bonds is 6. The van der Waals surface area contributed by atoms with E-state index in [9.17, 15) is 14.0 Å². The van der Waals surface area contributed by atoms with E-state index in [4.69, 9.17) is 9.84 Å². The highest BCUT2D eigenvalue weighted by Gasteiger charge is 2.22. The third-order valence-electron chi connectivity index (χ3n) is 3.41. The molecule has 0 aliphatic rings. The second-order valence-electron chi connectivity index (χ2n) is 5.38. The maximum absolute atomic E-state index is 14.0. The van der Waals surface area contributed by atoms with Crippen molar-refractivity contribution >= 4 is 12.1 Å². The van der Waals surface area contributed by atoms with Crippen molar-refractivity contribution in [1.82, 2.24) is 5.32 Å². The highest BCUT2D eigenvalue weighted by atomic mass is 19.1. The predicted octanol–water partition coefficient (Wildman–Crippen LogP) is 3.58. The second-order valence-corrected chi connectivity index (χ2v) is 5.38. The van der Waals surface area contributed by atoms with Crippen LogP contribution in [-0.4, -0.2) is 17.2 Å². The fraction of sp³-hybridized carbons (Fsp3) is 0.222. The number of alkyl carbamates (subject to hydrolysis) is 1. The first-order chi connectivity index (χ1) is 11.5. The molecule has 2 N–H and O–H groups in total. The summed E-state index contributed by atoms with van der Waals surface area (Å²) in [7, 11) is 0. The summed E-state index contributed by atoms with van der Waals surface area (Å²) < 4.78 is 19.1. The van der Waals surface area contributed by atoms with Crippen LogP contribution < -0.4 is 5.32 Å². The molecule has 24 heavy (non-hydrogen) atoms. The van der Waals surface area contributed by atoms with E-state index in [1.54, 1.807) is 25.1 Å². The van der Waals surface area contributed by atoms with Crippen LogP contribution in [0.2, 0.25) is 0 Å². The molecule has 0 saturated carbocycles. The number of carbonyl (C=O) groups is 2. The first-order valence-corrected chi connectivity index (χ1v) is 7.41. The summed E-state index contributed by atoms with van der Waals surface area (Å²) in [5, 5.41) is 11.4. The van der Waals surface area contributed by atoms with Gasteiger partial charge in [0.15, 0.2) is 0 Å². The van der Waals surface area contributed by atoms with Gasteiger partial charge in [-0.2, -0.15) is 0 Å². The molecule has 0 unspecified atom stereocenters. The van der Waals surface area contributed by atoms with Crippen molar-refractivity contribution in [2.45, 2.75) is 26.0 Å². The van der Waals surface area contributed by atoms with Crippen LogP contribution in [0.15, 0.2) is 48.5 Å². The van der Waals surface area contributed by atoms with E-state index < -0.39 is 30.3 Å². The van der Waals surface area contributed by atoms with Crippen molar-refractivity contribution in [3.63, 3.8) is 0 Å². The lowest BCUT2D eigenvalue weighted by Gasteiger charge is -2.18. The number of aryl methyl sites for hydroxylation is 1. The fourth-order valence-corrected chi connectivity index (χ4v) is 2.25. The zero-order valence-corrected chi connectivity index (χ0v) is 13.2. The van der Waals surface area contributed by atoms with Crippen LogP contribution in [0.25, 0.3) is 0 Å². The third-order valence-corrected chi connectivity index (χ3v) is 3.41. The van der Waals surface area contributed by atoms with Crippen LogP contribution in [0.3, 0.4) is 0 Å². The smallest absolute Gasteiger partial charge is 0.407 e. The highest BCUT2D eigenvalue weighted by molar-refractivity contribution is 5.72. The number of aliphatic carboxylic acids is 1. The van der Waals surface area contributed by atoms with Gasteiger partial charge in [0.2, 0.25) is 0 Å². The van der Waals surface area contributed by atoms with Crippen molar-refractivity contribution in [2.24, 2.45) is 0 Å². The van der Waals surface area contributed by atoms with Gasteiger partial charge < -0.3 is 15.2 Å². The molecule has 0 aliphatic carbocycles. The van der Waals surface area contributed by atoms with Gasteiger partial charge >= 0.3 is 12.1 Å². The molecule has 0 radical (unpaired) electrons.